The molecule has 0 radical (unpaired) electrons. The van der Waals surface area contributed by atoms with E-state index in [9.17, 15) is 66.2 Å². The van der Waals surface area contributed by atoms with E-state index in [1.165, 1.54) is 36.4 Å². The number of carbonyl (C=O) groups is 9. The fraction of sp³-hybridized carbons (Fsp3) is 0.310. The van der Waals surface area contributed by atoms with Crippen LogP contribution in [0.25, 0.3) is 10.9 Å². The van der Waals surface area contributed by atoms with E-state index in [-0.39, 0.29) is 23.3 Å². The van der Waals surface area contributed by atoms with Crippen molar-refractivity contribution in [3.05, 3.63) is 102 Å². The van der Waals surface area contributed by atoms with E-state index in [1.807, 2.05) is 10.0 Å². The van der Waals surface area contributed by atoms with Crippen molar-refractivity contribution in [3.8, 4) is 0 Å². The first kappa shape index (κ1) is 50.9. The highest BCUT2D eigenvalue weighted by molar-refractivity contribution is 7.89. The molecule has 0 bridgehead atoms. The zero-order chi connectivity index (χ0) is 48.7. The van der Waals surface area contributed by atoms with E-state index in [4.69, 9.17) is 10.8 Å². The smallest absolute Gasteiger partial charge is 0.305 e. The number of aliphatic carboxylic acids is 3. The first-order chi connectivity index (χ1) is 31.1. The molecule has 6 amide bonds. The number of carbonyl (C=O) groups excluding carboxylic acids is 6. The third-order valence-corrected chi connectivity index (χ3v) is 11.3. The first-order valence-corrected chi connectivity index (χ1v) is 21.4. The number of para-hydroxylation sites is 1. The Labute approximate surface area is 375 Å². The van der Waals surface area contributed by atoms with Gasteiger partial charge in [0, 0.05) is 36.4 Å². The van der Waals surface area contributed by atoms with Gasteiger partial charge in [0.1, 0.15) is 36.0 Å². The minimum Gasteiger partial charge on any atom is -0.481 e. The molecule has 0 saturated heterocycles. The van der Waals surface area contributed by atoms with E-state index in [1.54, 1.807) is 37.4 Å². The second-order valence-corrected chi connectivity index (χ2v) is 16.7. The van der Waals surface area contributed by atoms with Crippen LogP contribution in [0.1, 0.15) is 42.4 Å². The van der Waals surface area contributed by atoms with Crippen molar-refractivity contribution >= 4 is 74.3 Å². The van der Waals surface area contributed by atoms with Crippen LogP contribution < -0.4 is 37.0 Å². The number of hydrogen-bond acceptors (Lipinski definition) is 11. The Morgan fingerprint density at radius 2 is 1.27 bits per heavy atom. The van der Waals surface area contributed by atoms with Gasteiger partial charge in [-0.3, -0.25) is 43.2 Å². The molecule has 1 heterocycles. The van der Waals surface area contributed by atoms with E-state index in [0.717, 1.165) is 12.1 Å². The number of carboxylic acid groups (broad SMARTS) is 3. The lowest BCUT2D eigenvalue weighted by Gasteiger charge is -2.25. The molecule has 0 saturated carbocycles. The Bertz CT molecular complexity index is 2590. The summed E-state index contributed by atoms with van der Waals surface area (Å²) in [5.41, 5.74) is 7.48. The number of aryl methyl sites for hydroxylation is 1. The molecule has 22 nitrogen and oxygen atoms in total. The van der Waals surface area contributed by atoms with Crippen LogP contribution in [0.4, 0.5) is 4.39 Å². The molecule has 3 aromatic carbocycles. The third-order valence-electron chi connectivity index (χ3n) is 9.78. The minimum atomic E-state index is -4.52. The second kappa shape index (κ2) is 23.3. The number of aromatic amines is 1. The van der Waals surface area contributed by atoms with Crippen molar-refractivity contribution in [1.29, 1.82) is 0 Å². The highest BCUT2D eigenvalue weighted by atomic mass is 32.2. The number of carboxylic acids is 3. The number of hydrogen-bond donors (Lipinski definition) is 11. The van der Waals surface area contributed by atoms with Crippen molar-refractivity contribution in [2.24, 2.45) is 5.73 Å². The maximum absolute atomic E-state index is 14.3. The normalized spacial score (nSPS) is 13.5. The Kier molecular flexibility index (Phi) is 18.0. The molecule has 24 heteroatoms. The van der Waals surface area contributed by atoms with Gasteiger partial charge >= 0.3 is 17.9 Å². The quantitative estimate of drug-likeness (QED) is 0.0384. The van der Waals surface area contributed by atoms with Crippen LogP contribution in [0, 0.1) is 12.7 Å². The number of H-pyrrole nitrogens is 1. The SMILES string of the molecule is Cc1ccc(S(=O)(=O)NC(CC(=O)O)C(=O)NC(CC(=O)O)C(=O)NCC(=O)NC(Cc2cccc(F)c2)C(=O)NC(Cc2c[nH]c3ccccc23)C(=O)NC(CCC(=O)O)C(N)=O)cc1. The summed E-state index contributed by atoms with van der Waals surface area (Å²) in [6.45, 7) is 0.690. The molecule has 352 valence electrons. The Balaban J connectivity index is 1.54. The lowest BCUT2D eigenvalue weighted by atomic mass is 10.0. The fourth-order valence-electron chi connectivity index (χ4n) is 6.46. The number of halogens is 1. The molecule has 0 spiro atoms. The molecule has 66 heavy (non-hydrogen) atoms. The summed E-state index contributed by atoms with van der Waals surface area (Å²) < 4.78 is 42.2. The van der Waals surface area contributed by atoms with E-state index >= 15 is 0 Å². The Hall–Kier alpha value is -7.73. The van der Waals surface area contributed by atoms with Gasteiger partial charge < -0.3 is 52.6 Å². The minimum absolute atomic E-state index is 0.178. The van der Waals surface area contributed by atoms with Crippen LogP contribution in [0.15, 0.2) is 83.9 Å². The van der Waals surface area contributed by atoms with Crippen molar-refractivity contribution in [2.45, 2.75) is 80.6 Å². The number of rotatable bonds is 25. The molecular weight excluding hydrogens is 892 g/mol. The maximum Gasteiger partial charge on any atom is 0.305 e. The van der Waals surface area contributed by atoms with Gasteiger partial charge in [0.05, 0.1) is 24.3 Å². The molecule has 5 atom stereocenters. The number of aromatic nitrogens is 1. The standard InChI is InChI=1S/C42H47FN8O14S/c1-22-9-11-26(12-10-22)66(64,65)51-33(19-37(57)58)42(63)50-32(18-36(55)56)39(60)46-21-34(52)47-30(16-23-5-4-6-25(43)15-23)40(61)49-31(17-24-20-45-28-8-3-2-7-27(24)28)41(62)48-29(38(44)59)13-14-35(53)54/h2-12,15,20,29-33,45,51H,13-14,16-19,21H2,1H3,(H2,44,59)(H,46,60)(H,47,52)(H,48,62)(H,49,61)(H,50,63)(H,53,54)(H,55,56)(H,57,58). The Morgan fingerprint density at radius 1 is 0.682 bits per heavy atom. The van der Waals surface area contributed by atoms with Gasteiger partial charge in [-0.1, -0.05) is 48.0 Å². The third kappa shape index (κ3) is 15.5. The van der Waals surface area contributed by atoms with Crippen molar-refractivity contribution in [3.63, 3.8) is 0 Å². The molecule has 0 aliphatic carbocycles. The average molecular weight is 939 g/mol. The molecule has 0 aliphatic rings. The van der Waals surface area contributed by atoms with E-state index in [2.05, 4.69) is 26.3 Å². The van der Waals surface area contributed by atoms with E-state index < -0.39 is 132 Å². The van der Waals surface area contributed by atoms with E-state index in [0.29, 0.717) is 22.0 Å². The number of nitrogens with one attached hydrogen (secondary N) is 7. The molecule has 0 aliphatic heterocycles. The topological polar surface area (TPSA) is 362 Å². The van der Waals surface area contributed by atoms with Gasteiger partial charge in [-0.15, -0.1) is 0 Å². The molecule has 4 rings (SSSR count). The molecule has 1 aromatic heterocycles. The Morgan fingerprint density at radius 3 is 1.89 bits per heavy atom. The summed E-state index contributed by atoms with van der Waals surface area (Å²) in [4.78, 5) is 117. The van der Waals surface area contributed by atoms with Crippen molar-refractivity contribution < 1.29 is 71.3 Å². The molecule has 5 unspecified atom stereocenters. The monoisotopic (exact) mass is 938 g/mol. The van der Waals surface area contributed by atoms with Crippen molar-refractivity contribution in [1.82, 2.24) is 36.3 Å². The van der Waals surface area contributed by atoms with Crippen LogP contribution >= 0.6 is 0 Å². The number of primary amides is 1. The number of benzene rings is 3. The largest absolute Gasteiger partial charge is 0.481 e. The lowest BCUT2D eigenvalue weighted by molar-refractivity contribution is -0.142. The fourth-order valence-corrected chi connectivity index (χ4v) is 7.66. The van der Waals surface area contributed by atoms with Crippen LogP contribution in [-0.2, 0) is 66.0 Å². The van der Waals surface area contributed by atoms with Gasteiger partial charge in [-0.25, -0.2) is 12.8 Å². The molecular formula is C42H47FN8O14S. The van der Waals surface area contributed by atoms with Crippen LogP contribution in [0.5, 0.6) is 0 Å². The van der Waals surface area contributed by atoms with Crippen molar-refractivity contribution in [2.75, 3.05) is 6.54 Å². The molecule has 0 fully saturated rings. The summed E-state index contributed by atoms with van der Waals surface area (Å²) in [6, 6.07) is 8.48. The second-order valence-electron chi connectivity index (χ2n) is 14.9. The zero-order valence-corrected chi connectivity index (χ0v) is 35.9. The number of fused-ring (bicyclic) bond motifs is 1. The number of amides is 6. The van der Waals surface area contributed by atoms with Gasteiger partial charge in [-0.2, -0.15) is 4.72 Å². The summed E-state index contributed by atoms with van der Waals surface area (Å²) >= 11 is 0. The number of sulfonamides is 1. The highest BCUT2D eigenvalue weighted by Gasteiger charge is 2.34. The summed E-state index contributed by atoms with van der Waals surface area (Å²) in [5.74, 6) is -12.1. The van der Waals surface area contributed by atoms with Crippen LogP contribution in [0.2, 0.25) is 0 Å². The predicted molar refractivity (Wildman–Crippen MR) is 229 cm³/mol. The van der Waals surface area contributed by atoms with Gasteiger partial charge in [-0.05, 0) is 54.8 Å². The van der Waals surface area contributed by atoms with Gasteiger partial charge in [0.15, 0.2) is 0 Å². The highest BCUT2D eigenvalue weighted by Crippen LogP contribution is 2.20. The maximum atomic E-state index is 14.3. The van der Waals surface area contributed by atoms with Gasteiger partial charge in [0.2, 0.25) is 45.5 Å². The molecule has 12 N–H and O–H groups in total. The summed E-state index contributed by atoms with van der Waals surface area (Å²) in [6.07, 6.45) is -2.25. The average Bonchev–Trinajstić information content (AvgIpc) is 3.65. The summed E-state index contributed by atoms with van der Waals surface area (Å²) in [5, 5.41) is 40.1. The van der Waals surface area contributed by atoms with Crippen LogP contribution in [-0.4, -0.2) is 119 Å². The summed E-state index contributed by atoms with van der Waals surface area (Å²) in [7, 11) is -4.52. The van der Waals surface area contributed by atoms with Gasteiger partial charge in [0.25, 0.3) is 0 Å². The zero-order valence-electron chi connectivity index (χ0n) is 35.0. The predicted octanol–water partition coefficient (Wildman–Crippen LogP) is -0.897. The first-order valence-electron chi connectivity index (χ1n) is 19.9. The van der Waals surface area contributed by atoms with Crippen LogP contribution in [0.3, 0.4) is 0 Å². The molecule has 4 aromatic rings. The lowest BCUT2D eigenvalue weighted by Crippen LogP contribution is -2.58. The number of nitrogens with two attached hydrogens (primary N) is 1.